The second kappa shape index (κ2) is 6.17. The van der Waals surface area contributed by atoms with E-state index in [-0.39, 0.29) is 6.04 Å². The van der Waals surface area contributed by atoms with E-state index in [0.717, 1.165) is 12.0 Å². The van der Waals surface area contributed by atoms with Gasteiger partial charge in [0.25, 0.3) is 0 Å². The normalized spacial score (nSPS) is 20.8. The predicted molar refractivity (Wildman–Crippen MR) is 73.1 cm³/mol. The number of carboxylic acids is 1. The van der Waals surface area contributed by atoms with Crippen LogP contribution in [0.5, 0.6) is 0 Å². The first-order chi connectivity index (χ1) is 9.13. The minimum atomic E-state index is -0.737. The molecule has 0 saturated carbocycles. The lowest BCUT2D eigenvalue weighted by Crippen LogP contribution is -2.49. The third kappa shape index (κ3) is 3.14. The van der Waals surface area contributed by atoms with Gasteiger partial charge >= 0.3 is 5.97 Å². The third-order valence-corrected chi connectivity index (χ3v) is 3.88. The van der Waals surface area contributed by atoms with Crippen molar-refractivity contribution in [2.45, 2.75) is 38.4 Å². The molecular weight excluding hydrogens is 242 g/mol. The Morgan fingerprint density at radius 3 is 2.79 bits per heavy atom. The fourth-order valence-electron chi connectivity index (χ4n) is 2.69. The number of ether oxygens (including phenoxy) is 1. The fourth-order valence-corrected chi connectivity index (χ4v) is 2.69. The van der Waals surface area contributed by atoms with Crippen LogP contribution in [0.15, 0.2) is 24.3 Å². The van der Waals surface area contributed by atoms with Crippen LogP contribution in [0.2, 0.25) is 0 Å². The molecule has 1 aromatic rings. The molecule has 0 radical (unpaired) electrons. The Balaban J connectivity index is 2.19. The minimum Gasteiger partial charge on any atom is -0.480 e. The van der Waals surface area contributed by atoms with Gasteiger partial charge in [-0.25, -0.2) is 0 Å². The summed E-state index contributed by atoms with van der Waals surface area (Å²) in [5.74, 6) is -0.737. The van der Waals surface area contributed by atoms with E-state index in [9.17, 15) is 9.90 Å². The van der Waals surface area contributed by atoms with Crippen molar-refractivity contribution in [3.63, 3.8) is 0 Å². The minimum absolute atomic E-state index is 0.203. The highest BCUT2D eigenvalue weighted by Crippen LogP contribution is 2.26. The largest absolute Gasteiger partial charge is 0.480 e. The number of fused-ring (bicyclic) bond motifs is 1. The molecule has 4 nitrogen and oxygen atoms in total. The van der Waals surface area contributed by atoms with Crippen LogP contribution in [0.4, 0.5) is 0 Å². The lowest BCUT2D eigenvalue weighted by Gasteiger charge is -2.38. The molecule has 0 spiro atoms. The smallest absolute Gasteiger partial charge is 0.321 e. The third-order valence-electron chi connectivity index (χ3n) is 3.88. The predicted octanol–water partition coefficient (Wildman–Crippen LogP) is 1.92. The zero-order valence-corrected chi connectivity index (χ0v) is 11.5. The first kappa shape index (κ1) is 14.0. The quantitative estimate of drug-likeness (QED) is 0.882. The van der Waals surface area contributed by atoms with Crippen molar-refractivity contribution in [3.8, 4) is 0 Å². The molecule has 1 aliphatic rings. The zero-order chi connectivity index (χ0) is 13.8. The second-order valence-corrected chi connectivity index (χ2v) is 5.13. The first-order valence-electron chi connectivity index (χ1n) is 6.67. The van der Waals surface area contributed by atoms with Crippen molar-refractivity contribution in [2.75, 3.05) is 13.7 Å². The van der Waals surface area contributed by atoms with Gasteiger partial charge in [-0.1, -0.05) is 24.3 Å². The van der Waals surface area contributed by atoms with E-state index < -0.39 is 12.0 Å². The Kier molecular flexibility index (Phi) is 4.56. The number of methoxy groups -OCH3 is 1. The van der Waals surface area contributed by atoms with Gasteiger partial charge in [0.05, 0.1) is 0 Å². The van der Waals surface area contributed by atoms with Crippen LogP contribution in [-0.2, 0) is 22.5 Å². The molecule has 1 N–H and O–H groups in total. The summed E-state index contributed by atoms with van der Waals surface area (Å²) < 4.78 is 5.09. The van der Waals surface area contributed by atoms with Crippen LogP contribution in [0.1, 0.15) is 24.5 Å². The number of benzene rings is 1. The summed E-state index contributed by atoms with van der Waals surface area (Å²) in [5, 5.41) is 9.44. The standard InChI is InChI=1S/C15H21NO3/c1-11(7-8-19-2)16-10-13-6-4-3-5-12(13)9-14(16)15(17)18/h3-6,11,14H,7-10H2,1-2H3,(H,17,18). The highest BCUT2D eigenvalue weighted by Gasteiger charge is 2.33. The summed E-state index contributed by atoms with van der Waals surface area (Å²) in [7, 11) is 1.67. The number of carbonyl (C=O) groups is 1. The van der Waals surface area contributed by atoms with Crippen LogP contribution >= 0.6 is 0 Å². The summed E-state index contributed by atoms with van der Waals surface area (Å²) in [5.41, 5.74) is 2.40. The van der Waals surface area contributed by atoms with Gasteiger partial charge in [0.1, 0.15) is 6.04 Å². The van der Waals surface area contributed by atoms with E-state index in [0.29, 0.717) is 19.6 Å². The maximum atomic E-state index is 11.5. The Hall–Kier alpha value is -1.39. The van der Waals surface area contributed by atoms with E-state index in [4.69, 9.17) is 4.74 Å². The SMILES string of the molecule is COCCC(C)N1Cc2ccccc2CC1C(=O)O. The van der Waals surface area contributed by atoms with Gasteiger partial charge in [-0.2, -0.15) is 0 Å². The van der Waals surface area contributed by atoms with Crippen LogP contribution in [0.25, 0.3) is 0 Å². The lowest BCUT2D eigenvalue weighted by atomic mass is 9.92. The van der Waals surface area contributed by atoms with Crippen molar-refractivity contribution in [2.24, 2.45) is 0 Å². The molecule has 2 atom stereocenters. The van der Waals surface area contributed by atoms with E-state index in [2.05, 4.69) is 17.9 Å². The molecule has 0 bridgehead atoms. The number of hydrogen-bond acceptors (Lipinski definition) is 3. The van der Waals surface area contributed by atoms with Gasteiger partial charge in [-0.3, -0.25) is 9.69 Å². The van der Waals surface area contributed by atoms with E-state index in [1.165, 1.54) is 5.56 Å². The van der Waals surface area contributed by atoms with Gasteiger partial charge in [-0.05, 0) is 30.9 Å². The maximum Gasteiger partial charge on any atom is 0.321 e. The van der Waals surface area contributed by atoms with Gasteiger partial charge in [0, 0.05) is 26.3 Å². The van der Waals surface area contributed by atoms with Crippen molar-refractivity contribution in [1.29, 1.82) is 0 Å². The monoisotopic (exact) mass is 263 g/mol. The molecule has 0 saturated heterocycles. The molecule has 19 heavy (non-hydrogen) atoms. The molecule has 0 amide bonds. The van der Waals surface area contributed by atoms with Gasteiger partial charge in [0.2, 0.25) is 0 Å². The van der Waals surface area contributed by atoms with Crippen LogP contribution < -0.4 is 0 Å². The zero-order valence-electron chi connectivity index (χ0n) is 11.5. The van der Waals surface area contributed by atoms with Crippen molar-refractivity contribution in [3.05, 3.63) is 35.4 Å². The van der Waals surface area contributed by atoms with Crippen molar-refractivity contribution < 1.29 is 14.6 Å². The highest BCUT2D eigenvalue weighted by atomic mass is 16.5. The Bertz CT molecular complexity index is 447. The molecule has 4 heteroatoms. The lowest BCUT2D eigenvalue weighted by molar-refractivity contribution is -0.145. The van der Waals surface area contributed by atoms with Gasteiger partial charge < -0.3 is 9.84 Å². The van der Waals surface area contributed by atoms with Crippen LogP contribution in [0, 0.1) is 0 Å². The van der Waals surface area contributed by atoms with Crippen LogP contribution in [0.3, 0.4) is 0 Å². The van der Waals surface area contributed by atoms with E-state index in [1.807, 2.05) is 18.2 Å². The van der Waals surface area contributed by atoms with Crippen LogP contribution in [-0.4, -0.2) is 41.8 Å². The Labute approximate surface area is 114 Å². The number of nitrogens with zero attached hydrogens (tertiary/aromatic N) is 1. The number of aliphatic carboxylic acids is 1. The molecule has 1 aliphatic heterocycles. The average Bonchev–Trinajstić information content (AvgIpc) is 2.43. The molecule has 1 heterocycles. The summed E-state index contributed by atoms with van der Waals surface area (Å²) in [4.78, 5) is 13.6. The number of carboxylic acid groups (broad SMARTS) is 1. The topological polar surface area (TPSA) is 49.8 Å². The van der Waals surface area contributed by atoms with Gasteiger partial charge in [0.15, 0.2) is 0 Å². The maximum absolute atomic E-state index is 11.5. The molecule has 0 aliphatic carbocycles. The molecule has 0 fully saturated rings. The fraction of sp³-hybridized carbons (Fsp3) is 0.533. The van der Waals surface area contributed by atoms with Gasteiger partial charge in [-0.15, -0.1) is 0 Å². The van der Waals surface area contributed by atoms with Crippen molar-refractivity contribution in [1.82, 2.24) is 4.90 Å². The molecule has 0 aromatic heterocycles. The Morgan fingerprint density at radius 1 is 1.47 bits per heavy atom. The van der Waals surface area contributed by atoms with E-state index in [1.54, 1.807) is 7.11 Å². The molecule has 104 valence electrons. The van der Waals surface area contributed by atoms with E-state index >= 15 is 0 Å². The first-order valence-corrected chi connectivity index (χ1v) is 6.67. The summed E-state index contributed by atoms with van der Waals surface area (Å²) >= 11 is 0. The molecule has 2 rings (SSSR count). The summed E-state index contributed by atoms with van der Waals surface area (Å²) in [6.45, 7) is 3.44. The molecular formula is C15H21NO3. The summed E-state index contributed by atoms with van der Waals surface area (Å²) in [6, 6.07) is 7.88. The average molecular weight is 263 g/mol. The van der Waals surface area contributed by atoms with Crippen molar-refractivity contribution >= 4 is 5.97 Å². The number of hydrogen-bond donors (Lipinski definition) is 1. The molecule has 2 unspecified atom stereocenters. The number of rotatable bonds is 5. The Morgan fingerprint density at radius 2 is 2.16 bits per heavy atom. The highest BCUT2D eigenvalue weighted by molar-refractivity contribution is 5.74. The second-order valence-electron chi connectivity index (χ2n) is 5.13. The summed E-state index contributed by atoms with van der Waals surface area (Å²) in [6.07, 6.45) is 1.44. The molecule has 1 aromatic carbocycles.